The Bertz CT molecular complexity index is 840. The molecule has 3 aromatic rings. The molecular weight excluding hydrogens is 487 g/mol. The molecule has 1 atom stereocenters. The standard InChI is InChI=1S/C19H26N6OS.HI/c1-2-20-18(21-12-15-14-25-9-11-27-19(25)23-15)22-13-16(17-6-5-10-26-17)24-7-3-4-8-24;/h5-6,9-11,14,16H,2-4,7-8,12-13H2,1H3,(H2,20,21,22);1H. The average molecular weight is 514 g/mol. The van der Waals surface area contributed by atoms with Gasteiger partial charge in [0, 0.05) is 30.9 Å². The van der Waals surface area contributed by atoms with E-state index in [0.717, 1.165) is 48.6 Å². The van der Waals surface area contributed by atoms with Gasteiger partial charge in [-0.2, -0.15) is 0 Å². The number of hydrogen-bond donors (Lipinski definition) is 2. The minimum Gasteiger partial charge on any atom is -0.468 e. The number of nitrogens with zero attached hydrogens (tertiary/aromatic N) is 4. The highest BCUT2D eigenvalue weighted by atomic mass is 127. The van der Waals surface area contributed by atoms with E-state index in [9.17, 15) is 0 Å². The van der Waals surface area contributed by atoms with Gasteiger partial charge in [-0.3, -0.25) is 9.30 Å². The molecule has 4 heterocycles. The van der Waals surface area contributed by atoms with E-state index in [2.05, 4.69) is 33.5 Å². The van der Waals surface area contributed by atoms with Crippen molar-refractivity contribution in [1.29, 1.82) is 0 Å². The van der Waals surface area contributed by atoms with Gasteiger partial charge in [0.05, 0.1) is 24.5 Å². The predicted molar refractivity (Wildman–Crippen MR) is 124 cm³/mol. The highest BCUT2D eigenvalue weighted by molar-refractivity contribution is 14.0. The van der Waals surface area contributed by atoms with E-state index in [1.54, 1.807) is 17.6 Å². The lowest BCUT2D eigenvalue weighted by Gasteiger charge is -2.26. The number of hydrogen-bond acceptors (Lipinski definition) is 5. The largest absolute Gasteiger partial charge is 0.468 e. The molecule has 152 valence electrons. The average Bonchev–Trinajstić information content (AvgIpc) is 3.44. The summed E-state index contributed by atoms with van der Waals surface area (Å²) in [7, 11) is 0. The smallest absolute Gasteiger partial charge is 0.193 e. The molecule has 0 radical (unpaired) electrons. The van der Waals surface area contributed by atoms with Crippen molar-refractivity contribution >= 4 is 46.2 Å². The third kappa shape index (κ3) is 5.06. The molecule has 3 aromatic heterocycles. The molecule has 2 N–H and O–H groups in total. The minimum atomic E-state index is 0. The Balaban J connectivity index is 0.00000225. The van der Waals surface area contributed by atoms with Crippen LogP contribution in [0.25, 0.3) is 4.96 Å². The van der Waals surface area contributed by atoms with Crippen molar-refractivity contribution in [3.8, 4) is 0 Å². The predicted octanol–water partition coefficient (Wildman–Crippen LogP) is 3.50. The zero-order valence-electron chi connectivity index (χ0n) is 16.0. The Labute approximate surface area is 186 Å². The Morgan fingerprint density at radius 1 is 1.36 bits per heavy atom. The normalized spacial score (nSPS) is 16.2. The van der Waals surface area contributed by atoms with Gasteiger partial charge in [-0.15, -0.1) is 35.3 Å². The number of furan rings is 1. The molecule has 1 aliphatic heterocycles. The van der Waals surface area contributed by atoms with Crippen molar-refractivity contribution in [1.82, 2.24) is 24.9 Å². The second-order valence-electron chi connectivity index (χ2n) is 6.68. The van der Waals surface area contributed by atoms with Crippen molar-refractivity contribution in [2.24, 2.45) is 4.99 Å². The summed E-state index contributed by atoms with van der Waals surface area (Å²) in [6.07, 6.45) is 8.32. The molecule has 0 spiro atoms. The summed E-state index contributed by atoms with van der Waals surface area (Å²) in [5, 5.41) is 8.85. The van der Waals surface area contributed by atoms with E-state index in [4.69, 9.17) is 9.41 Å². The summed E-state index contributed by atoms with van der Waals surface area (Å²) in [5.74, 6) is 1.82. The van der Waals surface area contributed by atoms with Gasteiger partial charge >= 0.3 is 0 Å². The van der Waals surface area contributed by atoms with Gasteiger partial charge in [0.1, 0.15) is 5.76 Å². The molecule has 0 amide bonds. The van der Waals surface area contributed by atoms with E-state index >= 15 is 0 Å². The number of halogens is 1. The van der Waals surface area contributed by atoms with Gasteiger partial charge in [0.2, 0.25) is 0 Å². The zero-order chi connectivity index (χ0) is 18.5. The fourth-order valence-electron chi connectivity index (χ4n) is 3.49. The number of aromatic nitrogens is 2. The lowest BCUT2D eigenvalue weighted by atomic mass is 10.2. The third-order valence-electron chi connectivity index (χ3n) is 4.80. The first-order valence-electron chi connectivity index (χ1n) is 9.54. The number of rotatable bonds is 7. The first-order chi connectivity index (χ1) is 13.3. The molecule has 0 aliphatic carbocycles. The van der Waals surface area contributed by atoms with E-state index in [0.29, 0.717) is 6.54 Å². The van der Waals surface area contributed by atoms with Crippen LogP contribution in [0.1, 0.15) is 37.3 Å². The van der Waals surface area contributed by atoms with E-state index in [1.165, 1.54) is 12.8 Å². The maximum absolute atomic E-state index is 5.70. The molecule has 0 bridgehead atoms. The van der Waals surface area contributed by atoms with Crippen LogP contribution in [-0.4, -0.2) is 46.4 Å². The number of imidazole rings is 1. The maximum Gasteiger partial charge on any atom is 0.193 e. The second-order valence-corrected chi connectivity index (χ2v) is 7.55. The summed E-state index contributed by atoms with van der Waals surface area (Å²) >= 11 is 1.64. The number of likely N-dealkylation sites (tertiary alicyclic amines) is 1. The maximum atomic E-state index is 5.70. The Hall–Kier alpha value is -1.59. The summed E-state index contributed by atoms with van der Waals surface area (Å²) in [5.41, 5.74) is 0.973. The highest BCUT2D eigenvalue weighted by Crippen LogP contribution is 2.24. The van der Waals surface area contributed by atoms with Crippen LogP contribution in [0.3, 0.4) is 0 Å². The number of nitrogens with one attached hydrogen (secondary N) is 2. The van der Waals surface area contributed by atoms with Crippen molar-refractivity contribution in [2.45, 2.75) is 32.4 Å². The molecule has 4 rings (SSSR count). The van der Waals surface area contributed by atoms with Crippen LogP contribution in [0.5, 0.6) is 0 Å². The van der Waals surface area contributed by atoms with Gasteiger partial charge in [-0.25, -0.2) is 9.98 Å². The van der Waals surface area contributed by atoms with Crippen LogP contribution in [0.4, 0.5) is 0 Å². The number of fused-ring (bicyclic) bond motifs is 1. The molecular formula is C19H27IN6OS. The van der Waals surface area contributed by atoms with Crippen LogP contribution >= 0.6 is 35.3 Å². The van der Waals surface area contributed by atoms with E-state index < -0.39 is 0 Å². The fourth-order valence-corrected chi connectivity index (χ4v) is 4.21. The van der Waals surface area contributed by atoms with Crippen LogP contribution in [0.15, 0.2) is 45.6 Å². The van der Waals surface area contributed by atoms with Gasteiger partial charge in [0.25, 0.3) is 0 Å². The lowest BCUT2D eigenvalue weighted by Crippen LogP contribution is -2.42. The molecule has 7 nitrogen and oxygen atoms in total. The summed E-state index contributed by atoms with van der Waals surface area (Å²) in [4.78, 5) is 12.8. The van der Waals surface area contributed by atoms with E-state index in [1.807, 2.05) is 28.2 Å². The van der Waals surface area contributed by atoms with Crippen LogP contribution in [0.2, 0.25) is 0 Å². The summed E-state index contributed by atoms with van der Waals surface area (Å²) in [6.45, 7) is 6.45. The Morgan fingerprint density at radius 2 is 2.21 bits per heavy atom. The highest BCUT2D eigenvalue weighted by Gasteiger charge is 2.25. The molecule has 28 heavy (non-hydrogen) atoms. The molecule has 0 aromatic carbocycles. The number of thiazole rings is 1. The first kappa shape index (κ1) is 21.1. The topological polar surface area (TPSA) is 70.1 Å². The first-order valence-corrected chi connectivity index (χ1v) is 10.4. The minimum absolute atomic E-state index is 0. The van der Waals surface area contributed by atoms with Gasteiger partial charge in [-0.05, 0) is 45.0 Å². The Kier molecular flexibility index (Phi) is 7.74. The molecule has 1 aliphatic rings. The van der Waals surface area contributed by atoms with Crippen LogP contribution < -0.4 is 10.6 Å². The van der Waals surface area contributed by atoms with Gasteiger partial charge in [0.15, 0.2) is 10.9 Å². The third-order valence-corrected chi connectivity index (χ3v) is 5.57. The lowest BCUT2D eigenvalue weighted by molar-refractivity contribution is 0.215. The SMILES string of the molecule is CCNC(=NCc1cn2ccsc2n1)NCC(c1ccco1)N1CCCC1.I. The van der Waals surface area contributed by atoms with Crippen molar-refractivity contribution in [3.05, 3.63) is 47.6 Å². The monoisotopic (exact) mass is 514 g/mol. The van der Waals surface area contributed by atoms with Crippen molar-refractivity contribution < 1.29 is 4.42 Å². The van der Waals surface area contributed by atoms with Crippen LogP contribution in [-0.2, 0) is 6.54 Å². The van der Waals surface area contributed by atoms with Crippen molar-refractivity contribution in [3.63, 3.8) is 0 Å². The fraction of sp³-hybridized carbons (Fsp3) is 0.474. The Morgan fingerprint density at radius 3 is 2.93 bits per heavy atom. The number of guanidine groups is 1. The van der Waals surface area contributed by atoms with Gasteiger partial charge in [-0.1, -0.05) is 0 Å². The molecule has 1 unspecified atom stereocenters. The van der Waals surface area contributed by atoms with Gasteiger partial charge < -0.3 is 15.1 Å². The summed E-state index contributed by atoms with van der Waals surface area (Å²) < 4.78 is 7.74. The molecule has 1 fully saturated rings. The van der Waals surface area contributed by atoms with E-state index in [-0.39, 0.29) is 30.0 Å². The van der Waals surface area contributed by atoms with Crippen LogP contribution in [0, 0.1) is 0 Å². The quantitative estimate of drug-likeness (QED) is 0.287. The second kappa shape index (κ2) is 10.3. The number of aliphatic imine (C=N–C) groups is 1. The molecule has 0 saturated carbocycles. The molecule has 9 heteroatoms. The molecule has 1 saturated heterocycles. The summed E-state index contributed by atoms with van der Waals surface area (Å²) in [6, 6.07) is 4.25. The van der Waals surface area contributed by atoms with Crippen molar-refractivity contribution in [2.75, 3.05) is 26.2 Å². The zero-order valence-corrected chi connectivity index (χ0v) is 19.2.